The number of hydrogen-bond donors (Lipinski definition) is 1. The number of nitrogens with zero attached hydrogens (tertiary/aromatic N) is 3. The molecule has 2 aliphatic heterocycles. The number of rotatable bonds is 2. The van der Waals surface area contributed by atoms with E-state index in [-0.39, 0.29) is 12.1 Å². The van der Waals surface area contributed by atoms with Gasteiger partial charge in [0.2, 0.25) is 0 Å². The minimum absolute atomic E-state index is 0.195. The summed E-state index contributed by atoms with van der Waals surface area (Å²) in [7, 11) is 0. The zero-order chi connectivity index (χ0) is 14.2. The molecule has 21 heavy (non-hydrogen) atoms. The van der Waals surface area contributed by atoms with Crippen molar-refractivity contribution in [3.63, 3.8) is 0 Å². The predicted molar refractivity (Wildman–Crippen MR) is 84.0 cm³/mol. The Bertz CT molecular complexity index is 593. The number of hydrogen-bond acceptors (Lipinski definition) is 6. The number of para-hydroxylation sites is 1. The number of fused-ring (bicyclic) bond motifs is 1. The Labute approximate surface area is 127 Å². The van der Waals surface area contributed by atoms with Crippen LogP contribution in [0.3, 0.4) is 0 Å². The standard InChI is InChI=1S/C15H19N3O2S/c19-13-10-18(9-12(13)17-5-7-20-8-6-17)15-16-11-3-1-2-4-14(11)21-15/h1-4,12-13,19H,5-10H2/t12-,13-/m1/s1. The van der Waals surface area contributed by atoms with E-state index < -0.39 is 0 Å². The van der Waals surface area contributed by atoms with Crippen molar-refractivity contribution in [3.05, 3.63) is 24.3 Å². The van der Waals surface area contributed by atoms with Crippen molar-refractivity contribution in [1.82, 2.24) is 9.88 Å². The third kappa shape index (κ3) is 2.53. The van der Waals surface area contributed by atoms with Crippen LogP contribution < -0.4 is 4.90 Å². The molecule has 1 aromatic heterocycles. The molecular formula is C15H19N3O2S. The fourth-order valence-electron chi connectivity index (χ4n) is 3.19. The van der Waals surface area contributed by atoms with Crippen LogP contribution in [0.1, 0.15) is 0 Å². The molecule has 2 saturated heterocycles. The van der Waals surface area contributed by atoms with Crippen molar-refractivity contribution in [2.45, 2.75) is 12.1 Å². The second-order valence-electron chi connectivity index (χ2n) is 5.65. The molecule has 4 rings (SSSR count). The first-order chi connectivity index (χ1) is 10.3. The van der Waals surface area contributed by atoms with Gasteiger partial charge in [0, 0.05) is 26.2 Å². The first kappa shape index (κ1) is 13.5. The number of aliphatic hydroxyl groups excluding tert-OH is 1. The number of anilines is 1. The van der Waals surface area contributed by atoms with Gasteiger partial charge in [-0.2, -0.15) is 0 Å². The van der Waals surface area contributed by atoms with Crippen molar-refractivity contribution in [3.8, 4) is 0 Å². The molecule has 3 heterocycles. The number of ether oxygens (including phenoxy) is 1. The molecule has 2 aromatic rings. The lowest BCUT2D eigenvalue weighted by Crippen LogP contribution is -2.48. The molecule has 0 spiro atoms. The van der Waals surface area contributed by atoms with Gasteiger partial charge in [0.1, 0.15) is 0 Å². The summed E-state index contributed by atoms with van der Waals surface area (Å²) < 4.78 is 6.60. The van der Waals surface area contributed by atoms with Crippen LogP contribution in [0.4, 0.5) is 5.13 Å². The number of aromatic nitrogens is 1. The first-order valence-corrected chi connectivity index (χ1v) is 8.23. The maximum absolute atomic E-state index is 10.4. The fourth-order valence-corrected chi connectivity index (χ4v) is 4.17. The molecule has 6 heteroatoms. The average molecular weight is 305 g/mol. The van der Waals surface area contributed by atoms with Gasteiger partial charge in [-0.3, -0.25) is 4.90 Å². The summed E-state index contributed by atoms with van der Waals surface area (Å²) in [6, 6.07) is 8.39. The molecule has 0 bridgehead atoms. The fraction of sp³-hybridized carbons (Fsp3) is 0.533. The third-order valence-electron chi connectivity index (χ3n) is 4.33. The van der Waals surface area contributed by atoms with Crippen LogP contribution in [-0.2, 0) is 4.74 Å². The van der Waals surface area contributed by atoms with E-state index in [1.54, 1.807) is 11.3 Å². The molecule has 2 aliphatic rings. The highest BCUT2D eigenvalue weighted by atomic mass is 32.1. The molecule has 0 aliphatic carbocycles. The smallest absolute Gasteiger partial charge is 0.186 e. The highest BCUT2D eigenvalue weighted by Gasteiger charge is 2.37. The summed E-state index contributed by atoms with van der Waals surface area (Å²) in [4.78, 5) is 9.27. The Balaban J connectivity index is 1.54. The van der Waals surface area contributed by atoms with E-state index in [1.165, 1.54) is 4.70 Å². The van der Waals surface area contributed by atoms with Crippen molar-refractivity contribution in [2.24, 2.45) is 0 Å². The van der Waals surface area contributed by atoms with Crippen LogP contribution in [-0.4, -0.2) is 66.5 Å². The Morgan fingerprint density at radius 3 is 2.81 bits per heavy atom. The van der Waals surface area contributed by atoms with Gasteiger partial charge in [0.05, 0.1) is 35.6 Å². The van der Waals surface area contributed by atoms with Crippen LogP contribution in [0.5, 0.6) is 0 Å². The maximum Gasteiger partial charge on any atom is 0.186 e. The second-order valence-corrected chi connectivity index (χ2v) is 6.66. The molecule has 0 radical (unpaired) electrons. The largest absolute Gasteiger partial charge is 0.390 e. The van der Waals surface area contributed by atoms with E-state index in [0.29, 0.717) is 6.54 Å². The summed E-state index contributed by atoms with van der Waals surface area (Å²) >= 11 is 1.71. The van der Waals surface area contributed by atoms with Gasteiger partial charge in [0.15, 0.2) is 5.13 Å². The molecule has 0 amide bonds. The van der Waals surface area contributed by atoms with Crippen LogP contribution in [0, 0.1) is 0 Å². The Kier molecular flexibility index (Phi) is 3.54. The molecule has 112 valence electrons. The molecule has 2 atom stereocenters. The molecule has 0 unspecified atom stereocenters. The van der Waals surface area contributed by atoms with Gasteiger partial charge in [-0.1, -0.05) is 23.5 Å². The van der Waals surface area contributed by atoms with Crippen LogP contribution in [0.2, 0.25) is 0 Å². The van der Waals surface area contributed by atoms with E-state index in [1.807, 2.05) is 18.2 Å². The summed E-state index contributed by atoms with van der Waals surface area (Å²) in [5.74, 6) is 0. The van der Waals surface area contributed by atoms with Gasteiger partial charge in [0.25, 0.3) is 0 Å². The number of thiazole rings is 1. The highest BCUT2D eigenvalue weighted by molar-refractivity contribution is 7.22. The van der Waals surface area contributed by atoms with Crippen molar-refractivity contribution in [2.75, 3.05) is 44.3 Å². The highest BCUT2D eigenvalue weighted by Crippen LogP contribution is 2.31. The van der Waals surface area contributed by atoms with Crippen molar-refractivity contribution >= 4 is 26.7 Å². The van der Waals surface area contributed by atoms with E-state index in [2.05, 4.69) is 15.9 Å². The predicted octanol–water partition coefficient (Wildman–Crippen LogP) is 1.18. The minimum atomic E-state index is -0.310. The molecule has 1 N–H and O–H groups in total. The first-order valence-electron chi connectivity index (χ1n) is 7.41. The number of β-amino-alcohol motifs (C(OH)–C–C–N with tert-alkyl or cyclic N) is 1. The lowest BCUT2D eigenvalue weighted by molar-refractivity contribution is -0.00588. The number of benzene rings is 1. The van der Waals surface area contributed by atoms with Gasteiger partial charge < -0.3 is 14.7 Å². The van der Waals surface area contributed by atoms with Crippen LogP contribution in [0.15, 0.2) is 24.3 Å². The van der Waals surface area contributed by atoms with Crippen molar-refractivity contribution < 1.29 is 9.84 Å². The summed E-state index contributed by atoms with van der Waals surface area (Å²) in [6.07, 6.45) is -0.310. The SMILES string of the molecule is O[C@@H]1CN(c2nc3ccccc3s2)C[C@H]1N1CCOCC1. The number of morpholine rings is 1. The Morgan fingerprint density at radius 1 is 1.19 bits per heavy atom. The molecule has 0 saturated carbocycles. The third-order valence-corrected chi connectivity index (χ3v) is 5.42. The quantitative estimate of drug-likeness (QED) is 0.903. The molecule has 5 nitrogen and oxygen atoms in total. The zero-order valence-electron chi connectivity index (χ0n) is 11.8. The summed E-state index contributed by atoms with van der Waals surface area (Å²) in [5.41, 5.74) is 1.04. The minimum Gasteiger partial charge on any atom is -0.390 e. The van der Waals surface area contributed by atoms with Gasteiger partial charge in [-0.25, -0.2) is 4.98 Å². The monoisotopic (exact) mass is 305 g/mol. The average Bonchev–Trinajstić information content (AvgIpc) is 3.11. The maximum atomic E-state index is 10.4. The lowest BCUT2D eigenvalue weighted by Gasteiger charge is -2.33. The zero-order valence-corrected chi connectivity index (χ0v) is 12.6. The Morgan fingerprint density at radius 2 is 2.00 bits per heavy atom. The molecule has 2 fully saturated rings. The second kappa shape index (κ2) is 5.53. The Hall–Kier alpha value is -1.21. The molecule has 1 aromatic carbocycles. The van der Waals surface area contributed by atoms with E-state index >= 15 is 0 Å². The van der Waals surface area contributed by atoms with Gasteiger partial charge in [-0.15, -0.1) is 0 Å². The number of aliphatic hydroxyl groups is 1. The summed E-state index contributed by atoms with van der Waals surface area (Å²) in [6.45, 7) is 4.88. The van der Waals surface area contributed by atoms with E-state index in [9.17, 15) is 5.11 Å². The lowest BCUT2D eigenvalue weighted by atomic mass is 10.2. The normalized spacial score (nSPS) is 27.6. The van der Waals surface area contributed by atoms with Crippen LogP contribution >= 0.6 is 11.3 Å². The van der Waals surface area contributed by atoms with Crippen molar-refractivity contribution in [1.29, 1.82) is 0 Å². The molecular weight excluding hydrogens is 286 g/mol. The van der Waals surface area contributed by atoms with Gasteiger partial charge in [-0.05, 0) is 12.1 Å². The van der Waals surface area contributed by atoms with E-state index in [0.717, 1.165) is 43.5 Å². The topological polar surface area (TPSA) is 48.8 Å². The van der Waals surface area contributed by atoms with E-state index in [4.69, 9.17) is 9.72 Å². The van der Waals surface area contributed by atoms with Crippen LogP contribution in [0.25, 0.3) is 10.2 Å². The summed E-state index contributed by atoms with van der Waals surface area (Å²) in [5, 5.41) is 11.4. The van der Waals surface area contributed by atoms with Gasteiger partial charge >= 0.3 is 0 Å².